The van der Waals surface area contributed by atoms with Crippen molar-refractivity contribution in [3.63, 3.8) is 0 Å². The number of hydrogen-bond acceptors (Lipinski definition) is 3. The molecular formula is C21H35FIN3O2S. The molecule has 0 atom stereocenters. The molecule has 2 N–H and O–H groups in total. The zero-order valence-corrected chi connectivity index (χ0v) is 20.7. The van der Waals surface area contributed by atoms with Crippen molar-refractivity contribution in [2.75, 3.05) is 19.3 Å². The van der Waals surface area contributed by atoms with Crippen molar-refractivity contribution < 1.29 is 12.8 Å². The fourth-order valence-electron chi connectivity index (χ4n) is 3.73. The number of guanidine groups is 1. The zero-order chi connectivity index (χ0) is 20.4. The summed E-state index contributed by atoms with van der Waals surface area (Å²) in [5, 5.41) is 6.52. The van der Waals surface area contributed by atoms with E-state index in [4.69, 9.17) is 0 Å². The predicted molar refractivity (Wildman–Crippen MR) is 129 cm³/mol. The number of benzene rings is 1. The van der Waals surface area contributed by atoms with Crippen LogP contribution in [0.5, 0.6) is 0 Å². The molecular weight excluding hydrogens is 504 g/mol. The third kappa shape index (κ3) is 10.6. The topological polar surface area (TPSA) is 70.6 Å². The molecule has 8 heteroatoms. The van der Waals surface area contributed by atoms with Gasteiger partial charge in [-0.2, -0.15) is 0 Å². The number of hydrogen-bond donors (Lipinski definition) is 2. The molecule has 29 heavy (non-hydrogen) atoms. The minimum absolute atomic E-state index is 0. The Kier molecular flexibility index (Phi) is 12.1. The van der Waals surface area contributed by atoms with Gasteiger partial charge in [0.25, 0.3) is 0 Å². The lowest BCUT2D eigenvalue weighted by Crippen LogP contribution is -2.37. The molecule has 0 bridgehead atoms. The molecule has 1 aliphatic rings. The number of halogens is 2. The molecule has 1 saturated carbocycles. The van der Waals surface area contributed by atoms with E-state index < -0.39 is 9.84 Å². The van der Waals surface area contributed by atoms with Crippen LogP contribution in [-0.4, -0.2) is 33.7 Å². The predicted octanol–water partition coefficient (Wildman–Crippen LogP) is 4.40. The van der Waals surface area contributed by atoms with E-state index in [0.717, 1.165) is 25.4 Å². The van der Waals surface area contributed by atoms with E-state index >= 15 is 0 Å². The van der Waals surface area contributed by atoms with Gasteiger partial charge in [0.15, 0.2) is 15.8 Å². The van der Waals surface area contributed by atoms with Crippen molar-refractivity contribution in [1.82, 2.24) is 10.6 Å². The van der Waals surface area contributed by atoms with E-state index in [1.54, 1.807) is 0 Å². The number of rotatable bonds is 10. The van der Waals surface area contributed by atoms with E-state index in [0.29, 0.717) is 17.1 Å². The van der Waals surface area contributed by atoms with Gasteiger partial charge in [-0.3, -0.25) is 0 Å². The third-order valence-corrected chi connectivity index (χ3v) is 5.98. The van der Waals surface area contributed by atoms with E-state index in [-0.39, 0.29) is 42.1 Å². The first kappa shape index (κ1) is 26.1. The number of nitrogens with zero attached hydrogens (tertiary/aromatic N) is 1. The fraction of sp³-hybridized carbons (Fsp3) is 0.667. The summed E-state index contributed by atoms with van der Waals surface area (Å²) in [4.78, 5) is 4.52. The Morgan fingerprint density at radius 2 is 1.90 bits per heavy atom. The van der Waals surface area contributed by atoms with Crippen LogP contribution in [0.3, 0.4) is 0 Å². The van der Waals surface area contributed by atoms with E-state index in [2.05, 4.69) is 15.6 Å². The van der Waals surface area contributed by atoms with Gasteiger partial charge in [-0.25, -0.2) is 17.8 Å². The molecule has 1 aliphatic carbocycles. The summed E-state index contributed by atoms with van der Waals surface area (Å²) in [7, 11) is -3.19. The lowest BCUT2D eigenvalue weighted by Gasteiger charge is -2.13. The molecule has 0 unspecified atom stereocenters. The molecule has 0 spiro atoms. The van der Waals surface area contributed by atoms with Crippen LogP contribution in [0.25, 0.3) is 0 Å². The van der Waals surface area contributed by atoms with E-state index in [1.165, 1.54) is 63.0 Å². The number of aliphatic imine (C=N–C) groups is 1. The van der Waals surface area contributed by atoms with Crippen LogP contribution in [-0.2, 0) is 22.1 Å². The second kappa shape index (κ2) is 13.4. The van der Waals surface area contributed by atoms with E-state index in [1.807, 2.05) is 6.92 Å². The molecule has 166 valence electrons. The lowest BCUT2D eigenvalue weighted by atomic mass is 10.0. The fourth-order valence-corrected chi connectivity index (χ4v) is 4.58. The number of unbranched alkanes of at least 4 members (excludes halogenated alkanes) is 1. The molecule has 0 saturated heterocycles. The van der Waals surface area contributed by atoms with Crippen LogP contribution in [0.2, 0.25) is 0 Å². The molecule has 0 heterocycles. The van der Waals surface area contributed by atoms with Crippen LogP contribution in [0.4, 0.5) is 4.39 Å². The SMILES string of the molecule is CCNC(=NCc1cc(F)ccc1CS(C)(=O)=O)NCCCCC1CCCC1.I. The van der Waals surface area contributed by atoms with Gasteiger partial charge in [-0.05, 0) is 42.5 Å². The van der Waals surface area contributed by atoms with Crippen LogP contribution in [0.15, 0.2) is 23.2 Å². The highest BCUT2D eigenvalue weighted by Crippen LogP contribution is 2.28. The molecule has 0 amide bonds. The largest absolute Gasteiger partial charge is 0.357 e. The smallest absolute Gasteiger partial charge is 0.191 e. The van der Waals surface area contributed by atoms with Crippen molar-refractivity contribution in [3.8, 4) is 0 Å². The van der Waals surface area contributed by atoms with Gasteiger partial charge in [0, 0.05) is 19.3 Å². The second-order valence-corrected chi connectivity index (χ2v) is 9.89. The molecule has 0 radical (unpaired) electrons. The average Bonchev–Trinajstić information content (AvgIpc) is 3.13. The van der Waals surface area contributed by atoms with Gasteiger partial charge < -0.3 is 10.6 Å². The van der Waals surface area contributed by atoms with Gasteiger partial charge in [-0.1, -0.05) is 44.6 Å². The van der Waals surface area contributed by atoms with Crippen LogP contribution < -0.4 is 10.6 Å². The normalized spacial score (nSPS) is 15.2. The molecule has 2 rings (SSSR count). The zero-order valence-electron chi connectivity index (χ0n) is 17.5. The van der Waals surface area contributed by atoms with Crippen LogP contribution >= 0.6 is 24.0 Å². The summed E-state index contributed by atoms with van der Waals surface area (Å²) in [6, 6.07) is 4.20. The van der Waals surface area contributed by atoms with Crippen molar-refractivity contribution in [2.24, 2.45) is 10.9 Å². The average molecular weight is 539 g/mol. The van der Waals surface area contributed by atoms with Gasteiger partial charge >= 0.3 is 0 Å². The van der Waals surface area contributed by atoms with Gasteiger partial charge in [0.2, 0.25) is 0 Å². The number of nitrogens with one attached hydrogen (secondary N) is 2. The van der Waals surface area contributed by atoms with Crippen molar-refractivity contribution in [3.05, 3.63) is 35.1 Å². The Morgan fingerprint density at radius 3 is 2.55 bits per heavy atom. The highest BCUT2D eigenvalue weighted by Gasteiger charge is 2.14. The van der Waals surface area contributed by atoms with Crippen molar-refractivity contribution >= 4 is 39.8 Å². The summed E-state index contributed by atoms with van der Waals surface area (Å²) >= 11 is 0. The summed E-state index contributed by atoms with van der Waals surface area (Å²) < 4.78 is 36.9. The Bertz CT molecular complexity index is 750. The maximum absolute atomic E-state index is 13.6. The summed E-state index contributed by atoms with van der Waals surface area (Å²) in [5.74, 6) is 1.11. The maximum Gasteiger partial charge on any atom is 0.191 e. The Labute approximate surface area is 192 Å². The third-order valence-electron chi connectivity index (χ3n) is 5.14. The Morgan fingerprint density at radius 1 is 1.17 bits per heavy atom. The van der Waals surface area contributed by atoms with Crippen LogP contribution in [0, 0.1) is 11.7 Å². The summed E-state index contributed by atoms with van der Waals surface area (Å²) in [6.07, 6.45) is 10.4. The molecule has 1 fully saturated rings. The number of sulfone groups is 1. The summed E-state index contributed by atoms with van der Waals surface area (Å²) in [6.45, 7) is 3.81. The van der Waals surface area contributed by atoms with Gasteiger partial charge in [0.1, 0.15) is 5.82 Å². The highest BCUT2D eigenvalue weighted by atomic mass is 127. The summed E-state index contributed by atoms with van der Waals surface area (Å²) in [5.41, 5.74) is 1.20. The first-order chi connectivity index (χ1) is 13.4. The first-order valence-corrected chi connectivity index (χ1v) is 12.4. The molecule has 0 aromatic heterocycles. The minimum atomic E-state index is -3.19. The Hall–Kier alpha value is -0.900. The standard InChI is InChI=1S/C21H34FN3O2S.HI/c1-3-23-21(24-13-7-6-10-17-8-4-5-9-17)25-15-19-14-20(22)12-11-18(19)16-28(2,26)27;/h11-12,14,17H,3-10,13,15-16H2,1-2H3,(H2,23,24,25);1H. The van der Waals surface area contributed by atoms with Crippen molar-refractivity contribution in [2.45, 2.75) is 64.2 Å². The van der Waals surface area contributed by atoms with Crippen LogP contribution in [0.1, 0.15) is 63.0 Å². The molecule has 0 aliphatic heterocycles. The highest BCUT2D eigenvalue weighted by molar-refractivity contribution is 14.0. The molecule has 1 aromatic carbocycles. The second-order valence-electron chi connectivity index (χ2n) is 7.75. The van der Waals surface area contributed by atoms with Crippen molar-refractivity contribution in [1.29, 1.82) is 0 Å². The first-order valence-electron chi connectivity index (χ1n) is 10.3. The Balaban J connectivity index is 0.00000420. The van der Waals surface area contributed by atoms with Gasteiger partial charge in [0.05, 0.1) is 12.3 Å². The monoisotopic (exact) mass is 539 g/mol. The molecule has 1 aromatic rings. The lowest BCUT2D eigenvalue weighted by molar-refractivity contribution is 0.472. The van der Waals surface area contributed by atoms with E-state index in [9.17, 15) is 12.8 Å². The molecule has 5 nitrogen and oxygen atoms in total. The quantitative estimate of drug-likeness (QED) is 0.200. The van der Waals surface area contributed by atoms with Gasteiger partial charge in [-0.15, -0.1) is 24.0 Å². The maximum atomic E-state index is 13.6. The minimum Gasteiger partial charge on any atom is -0.357 e.